The molecule has 0 aliphatic carbocycles. The van der Waals surface area contributed by atoms with Gasteiger partial charge < -0.3 is 14.8 Å². The van der Waals surface area contributed by atoms with Crippen molar-refractivity contribution in [3.05, 3.63) is 48.0 Å². The van der Waals surface area contributed by atoms with Gasteiger partial charge in [0.2, 0.25) is 0 Å². The Morgan fingerprint density at radius 3 is 2.37 bits per heavy atom. The lowest BCUT2D eigenvalue weighted by Gasteiger charge is -2.07. The van der Waals surface area contributed by atoms with Crippen molar-refractivity contribution in [3.8, 4) is 16.9 Å². The van der Waals surface area contributed by atoms with Crippen molar-refractivity contribution in [2.75, 3.05) is 20.1 Å². The van der Waals surface area contributed by atoms with Crippen LogP contribution < -0.4 is 5.48 Å². The molecule has 0 saturated heterocycles. The lowest BCUT2D eigenvalue weighted by atomic mass is 10.1. The molecule has 0 bridgehead atoms. The monoisotopic (exact) mass is 377 g/mol. The molecular weight excluding hydrogens is 353 g/mol. The summed E-state index contributed by atoms with van der Waals surface area (Å²) in [6.45, 7) is 7.75. The largest absolute Gasteiger partial charge is 0.505 e. The Kier molecular flexibility index (Phi) is 8.87. The van der Waals surface area contributed by atoms with E-state index in [9.17, 15) is 19.1 Å². The molecule has 1 aromatic carbocycles. The zero-order chi connectivity index (χ0) is 20.4. The number of carbonyl (C=O) groups excluding carboxylic acids is 2. The number of nitrogens with one attached hydrogen (secondary N) is 1. The summed E-state index contributed by atoms with van der Waals surface area (Å²) in [6, 6.07) is 6.98. The zero-order valence-electron chi connectivity index (χ0n) is 15.8. The van der Waals surface area contributed by atoms with Crippen LogP contribution in [-0.2, 0) is 9.63 Å². The number of benzene rings is 1. The van der Waals surface area contributed by atoms with Gasteiger partial charge in [-0.2, -0.15) is 5.48 Å². The van der Waals surface area contributed by atoms with E-state index < -0.39 is 23.4 Å². The van der Waals surface area contributed by atoms with Gasteiger partial charge in [-0.1, -0.05) is 26.0 Å². The normalized spacial score (nSPS) is 10.0. The quantitative estimate of drug-likeness (QED) is 0.796. The van der Waals surface area contributed by atoms with Crippen LogP contribution >= 0.6 is 0 Å². The number of nitrogens with zero attached hydrogens (tertiary/aromatic N) is 2. The molecule has 146 valence electrons. The van der Waals surface area contributed by atoms with Gasteiger partial charge in [0.25, 0.3) is 0 Å². The van der Waals surface area contributed by atoms with E-state index in [4.69, 9.17) is 0 Å². The van der Waals surface area contributed by atoms with E-state index in [2.05, 4.69) is 35.6 Å². The fourth-order valence-corrected chi connectivity index (χ4v) is 1.84. The Bertz CT molecular complexity index is 779. The number of aromatic hydroxyl groups is 1. The second-order valence-electron chi connectivity index (χ2n) is 5.62. The van der Waals surface area contributed by atoms with E-state index in [0.717, 1.165) is 20.0 Å². The summed E-state index contributed by atoms with van der Waals surface area (Å²) in [5, 5.41) is 9.80. The standard InChI is InChI=1S/C14H11FN2O4.C5H13N/c1-8(18)21-17-14(20)13-12(19)6-10(7-16-13)9-3-2-4-11(15)5-9;1-4-6(3)5-2/h2-7,19H,1H3,(H,17,20);4-5H2,1-3H3. The van der Waals surface area contributed by atoms with E-state index in [0.29, 0.717) is 11.1 Å². The molecular formula is C19H24FN3O4. The number of halogens is 1. The molecule has 0 aliphatic rings. The van der Waals surface area contributed by atoms with Crippen LogP contribution in [0.2, 0.25) is 0 Å². The lowest BCUT2D eigenvalue weighted by Crippen LogP contribution is -2.26. The number of amides is 1. The van der Waals surface area contributed by atoms with Crippen LogP contribution in [0.15, 0.2) is 36.5 Å². The first-order valence-corrected chi connectivity index (χ1v) is 8.39. The van der Waals surface area contributed by atoms with Crippen molar-refractivity contribution in [3.63, 3.8) is 0 Å². The highest BCUT2D eigenvalue weighted by Crippen LogP contribution is 2.25. The molecule has 1 heterocycles. The first-order valence-electron chi connectivity index (χ1n) is 8.39. The fraction of sp³-hybridized carbons (Fsp3) is 0.316. The summed E-state index contributed by atoms with van der Waals surface area (Å²) in [5.41, 5.74) is 2.47. The van der Waals surface area contributed by atoms with Crippen molar-refractivity contribution in [1.82, 2.24) is 15.4 Å². The number of rotatable bonds is 4. The van der Waals surface area contributed by atoms with Gasteiger partial charge in [-0.25, -0.2) is 9.37 Å². The van der Waals surface area contributed by atoms with Gasteiger partial charge in [-0.05, 0) is 43.9 Å². The molecule has 0 saturated carbocycles. The minimum Gasteiger partial charge on any atom is -0.505 e. The highest BCUT2D eigenvalue weighted by atomic mass is 19.1. The molecule has 0 unspecified atom stereocenters. The number of carbonyl (C=O) groups is 2. The van der Waals surface area contributed by atoms with Crippen LogP contribution in [0.1, 0.15) is 31.3 Å². The van der Waals surface area contributed by atoms with Crippen molar-refractivity contribution in [1.29, 1.82) is 0 Å². The molecule has 0 fully saturated rings. The average Bonchev–Trinajstić information content (AvgIpc) is 2.65. The Morgan fingerprint density at radius 2 is 1.89 bits per heavy atom. The Balaban J connectivity index is 0.000000527. The smallest absolute Gasteiger partial charge is 0.329 e. The van der Waals surface area contributed by atoms with Crippen LogP contribution in [0, 0.1) is 5.82 Å². The first kappa shape index (κ1) is 22.0. The third-order valence-electron chi connectivity index (χ3n) is 3.61. The molecule has 1 amide bonds. The van der Waals surface area contributed by atoms with Gasteiger partial charge in [0.05, 0.1) is 0 Å². The molecule has 7 nitrogen and oxygen atoms in total. The Hall–Kier alpha value is -3.00. The van der Waals surface area contributed by atoms with Crippen molar-refractivity contribution >= 4 is 11.9 Å². The third kappa shape index (κ3) is 7.41. The van der Waals surface area contributed by atoms with Crippen molar-refractivity contribution in [2.24, 2.45) is 0 Å². The highest BCUT2D eigenvalue weighted by Gasteiger charge is 2.15. The van der Waals surface area contributed by atoms with Crippen molar-refractivity contribution in [2.45, 2.75) is 20.8 Å². The summed E-state index contributed by atoms with van der Waals surface area (Å²) < 4.78 is 13.1. The van der Waals surface area contributed by atoms with E-state index >= 15 is 0 Å². The highest BCUT2D eigenvalue weighted by molar-refractivity contribution is 5.95. The van der Waals surface area contributed by atoms with Crippen LogP contribution in [0.25, 0.3) is 11.1 Å². The molecule has 0 spiro atoms. The molecule has 0 atom stereocenters. The fourth-order valence-electron chi connectivity index (χ4n) is 1.84. The predicted octanol–water partition coefficient (Wildman–Crippen LogP) is 2.76. The van der Waals surface area contributed by atoms with Crippen molar-refractivity contribution < 1.29 is 23.9 Å². The third-order valence-corrected chi connectivity index (χ3v) is 3.61. The summed E-state index contributed by atoms with van der Waals surface area (Å²) >= 11 is 0. The van der Waals surface area contributed by atoms with Gasteiger partial charge in [0.1, 0.15) is 11.6 Å². The second kappa shape index (κ2) is 10.9. The topological polar surface area (TPSA) is 91.8 Å². The van der Waals surface area contributed by atoms with E-state index in [1.54, 1.807) is 6.07 Å². The Morgan fingerprint density at radius 1 is 1.22 bits per heavy atom. The molecule has 0 radical (unpaired) electrons. The number of hydrogen-bond acceptors (Lipinski definition) is 6. The molecule has 1 aromatic heterocycles. The van der Waals surface area contributed by atoms with Gasteiger partial charge in [-0.15, -0.1) is 0 Å². The minimum atomic E-state index is -0.867. The van der Waals surface area contributed by atoms with Crippen LogP contribution in [0.4, 0.5) is 4.39 Å². The van der Waals surface area contributed by atoms with Gasteiger partial charge in [0.15, 0.2) is 5.69 Å². The maximum atomic E-state index is 13.1. The first-order chi connectivity index (χ1) is 12.8. The number of hydroxylamine groups is 1. The number of hydrogen-bond donors (Lipinski definition) is 2. The Labute approximate surface area is 157 Å². The van der Waals surface area contributed by atoms with Gasteiger partial charge in [-0.3, -0.25) is 9.59 Å². The molecule has 8 heteroatoms. The molecule has 2 N–H and O–H groups in total. The zero-order valence-corrected chi connectivity index (χ0v) is 15.8. The summed E-state index contributed by atoms with van der Waals surface area (Å²) in [4.78, 5) is 32.5. The molecule has 2 aromatic rings. The number of pyridine rings is 1. The minimum absolute atomic E-state index is 0.309. The molecule has 0 aliphatic heterocycles. The van der Waals surface area contributed by atoms with E-state index in [1.807, 2.05) is 5.48 Å². The summed E-state index contributed by atoms with van der Waals surface area (Å²) in [5.74, 6) is -2.42. The summed E-state index contributed by atoms with van der Waals surface area (Å²) in [7, 11) is 2.11. The van der Waals surface area contributed by atoms with Gasteiger partial charge >= 0.3 is 11.9 Å². The average molecular weight is 377 g/mol. The maximum Gasteiger partial charge on any atom is 0.329 e. The molecule has 27 heavy (non-hydrogen) atoms. The lowest BCUT2D eigenvalue weighted by molar-refractivity contribution is -0.146. The van der Waals surface area contributed by atoms with Crippen LogP contribution in [-0.4, -0.2) is 47.0 Å². The SMILES string of the molecule is CC(=O)ONC(=O)c1ncc(-c2cccc(F)c2)cc1O.CCN(C)CC. The summed E-state index contributed by atoms with van der Waals surface area (Å²) in [6.07, 6.45) is 1.30. The van der Waals surface area contributed by atoms with E-state index in [1.165, 1.54) is 30.5 Å². The van der Waals surface area contributed by atoms with E-state index in [-0.39, 0.29) is 5.69 Å². The van der Waals surface area contributed by atoms with Crippen LogP contribution in [0.5, 0.6) is 5.75 Å². The second-order valence-corrected chi connectivity index (χ2v) is 5.62. The van der Waals surface area contributed by atoms with Crippen LogP contribution in [0.3, 0.4) is 0 Å². The predicted molar refractivity (Wildman–Crippen MR) is 99.4 cm³/mol. The van der Waals surface area contributed by atoms with Gasteiger partial charge in [0, 0.05) is 18.7 Å². The molecule has 2 rings (SSSR count). The number of aromatic nitrogens is 1. The maximum absolute atomic E-state index is 13.1.